The summed E-state index contributed by atoms with van der Waals surface area (Å²) in [5.41, 5.74) is 2.67. The van der Waals surface area contributed by atoms with E-state index >= 15 is 0 Å². The molecule has 2 aromatic rings. The lowest BCUT2D eigenvalue weighted by Crippen LogP contribution is -2.47. The van der Waals surface area contributed by atoms with E-state index in [2.05, 4.69) is 17.2 Å². The summed E-state index contributed by atoms with van der Waals surface area (Å²) >= 11 is 6.17. The quantitative estimate of drug-likeness (QED) is 0.465. The number of carbonyl (C=O) groups excluding carboxylic acids is 3. The molecular weight excluding hydrogens is 496 g/mol. The predicted molar refractivity (Wildman–Crippen MR) is 139 cm³/mol. The molecule has 4 rings (SSSR count). The number of carbonyl (C=O) groups is 3. The molecule has 0 aromatic heterocycles. The van der Waals surface area contributed by atoms with Crippen molar-refractivity contribution in [1.29, 1.82) is 0 Å². The topological polar surface area (TPSA) is 100 Å². The van der Waals surface area contributed by atoms with Crippen LogP contribution in [0.25, 0.3) is 0 Å². The Hall–Kier alpha value is -3.98. The number of amides is 4. The Morgan fingerprint density at radius 2 is 1.97 bits per heavy atom. The molecule has 0 saturated heterocycles. The van der Waals surface area contributed by atoms with Crippen molar-refractivity contribution in [3.8, 4) is 11.5 Å². The van der Waals surface area contributed by atoms with Gasteiger partial charge in [-0.15, -0.1) is 6.58 Å². The van der Waals surface area contributed by atoms with E-state index in [1.54, 1.807) is 44.6 Å². The van der Waals surface area contributed by atoms with Gasteiger partial charge < -0.3 is 25.0 Å². The average Bonchev–Trinajstić information content (AvgIpc) is 3.20. The molecule has 0 radical (unpaired) electrons. The standard InChI is InChI=1S/C27H29ClN4O5/c1-4-12-32-20-15-31(16-23(33)29-11-10-17-8-9-21(36-2)22(13-17)37-3)26(34)24(20)25(30-27(32)35)18-6-5-7-19(28)14-18/h4-9,13-14,25H,1,10-12,15-16H2,2-3H3,(H,29,33)(H,30,35). The summed E-state index contributed by atoms with van der Waals surface area (Å²) < 4.78 is 10.6. The van der Waals surface area contributed by atoms with Crippen molar-refractivity contribution in [1.82, 2.24) is 20.4 Å². The van der Waals surface area contributed by atoms with Crippen molar-refractivity contribution in [2.75, 3.05) is 40.4 Å². The second kappa shape index (κ2) is 11.4. The highest BCUT2D eigenvalue weighted by atomic mass is 35.5. The molecule has 4 amide bonds. The molecule has 0 fully saturated rings. The first kappa shape index (κ1) is 26.1. The van der Waals surface area contributed by atoms with Crippen LogP contribution in [-0.4, -0.2) is 68.0 Å². The van der Waals surface area contributed by atoms with Gasteiger partial charge >= 0.3 is 6.03 Å². The molecule has 2 aliphatic rings. The highest BCUT2D eigenvalue weighted by Crippen LogP contribution is 2.36. The molecule has 2 heterocycles. The fraction of sp³-hybridized carbons (Fsp3) is 0.296. The first-order valence-corrected chi connectivity index (χ1v) is 12.2. The van der Waals surface area contributed by atoms with Crippen LogP contribution in [0.1, 0.15) is 17.2 Å². The Morgan fingerprint density at radius 3 is 2.68 bits per heavy atom. The predicted octanol–water partition coefficient (Wildman–Crippen LogP) is 3.06. The molecule has 194 valence electrons. The molecule has 10 heteroatoms. The fourth-order valence-corrected chi connectivity index (χ4v) is 4.74. The number of rotatable bonds is 10. The molecule has 37 heavy (non-hydrogen) atoms. The largest absolute Gasteiger partial charge is 0.493 e. The SMILES string of the molecule is C=CCN1C(=O)NC(c2cccc(Cl)c2)C2=C1CN(CC(=O)NCCc1ccc(OC)c(OC)c1)C2=O. The molecule has 2 aromatic carbocycles. The van der Waals surface area contributed by atoms with Crippen molar-refractivity contribution in [3.63, 3.8) is 0 Å². The number of hydrogen-bond acceptors (Lipinski definition) is 5. The van der Waals surface area contributed by atoms with Gasteiger partial charge in [-0.1, -0.05) is 35.9 Å². The van der Waals surface area contributed by atoms with Crippen LogP contribution in [0.15, 0.2) is 66.4 Å². The molecule has 0 spiro atoms. The number of nitrogens with zero attached hydrogens (tertiary/aromatic N) is 2. The zero-order valence-electron chi connectivity index (χ0n) is 20.8. The third kappa shape index (κ3) is 5.56. The maximum Gasteiger partial charge on any atom is 0.322 e. The van der Waals surface area contributed by atoms with Crippen molar-refractivity contribution >= 4 is 29.4 Å². The number of methoxy groups -OCH3 is 2. The van der Waals surface area contributed by atoms with E-state index in [1.165, 1.54) is 9.80 Å². The zero-order chi connectivity index (χ0) is 26.5. The molecule has 0 aliphatic carbocycles. The van der Waals surface area contributed by atoms with Crippen LogP contribution in [-0.2, 0) is 16.0 Å². The van der Waals surface area contributed by atoms with Gasteiger partial charge in [-0.3, -0.25) is 14.5 Å². The fourth-order valence-electron chi connectivity index (χ4n) is 4.55. The van der Waals surface area contributed by atoms with Crippen LogP contribution in [0.3, 0.4) is 0 Å². The third-order valence-electron chi connectivity index (χ3n) is 6.31. The smallest absolute Gasteiger partial charge is 0.322 e. The number of urea groups is 1. The van der Waals surface area contributed by atoms with E-state index in [0.29, 0.717) is 46.3 Å². The maximum atomic E-state index is 13.5. The lowest BCUT2D eigenvalue weighted by atomic mass is 9.95. The summed E-state index contributed by atoms with van der Waals surface area (Å²) in [5, 5.41) is 6.26. The van der Waals surface area contributed by atoms with Gasteiger partial charge in [0.05, 0.1) is 38.1 Å². The summed E-state index contributed by atoms with van der Waals surface area (Å²) in [6.07, 6.45) is 2.18. The zero-order valence-corrected chi connectivity index (χ0v) is 21.5. The molecule has 9 nitrogen and oxygen atoms in total. The van der Waals surface area contributed by atoms with Gasteiger partial charge in [0.2, 0.25) is 5.91 Å². The molecule has 1 atom stereocenters. The third-order valence-corrected chi connectivity index (χ3v) is 6.54. The summed E-state index contributed by atoms with van der Waals surface area (Å²) in [6, 6.07) is 11.6. The first-order valence-electron chi connectivity index (χ1n) is 11.8. The molecular formula is C27H29ClN4O5. The van der Waals surface area contributed by atoms with Crippen molar-refractivity contribution in [3.05, 3.63) is 82.5 Å². The number of nitrogens with one attached hydrogen (secondary N) is 2. The van der Waals surface area contributed by atoms with E-state index in [-0.39, 0.29) is 37.5 Å². The Bertz CT molecular complexity index is 1260. The van der Waals surface area contributed by atoms with Gasteiger partial charge in [-0.2, -0.15) is 0 Å². The first-order chi connectivity index (χ1) is 17.9. The number of benzene rings is 2. The minimum absolute atomic E-state index is 0.129. The number of halogens is 1. The molecule has 0 saturated carbocycles. The molecule has 0 bridgehead atoms. The Balaban J connectivity index is 1.43. The minimum atomic E-state index is -0.659. The Kier molecular flexibility index (Phi) is 8.03. The van der Waals surface area contributed by atoms with E-state index < -0.39 is 6.04 Å². The average molecular weight is 525 g/mol. The van der Waals surface area contributed by atoms with Crippen LogP contribution in [0, 0.1) is 0 Å². The number of hydrogen-bond donors (Lipinski definition) is 2. The highest BCUT2D eigenvalue weighted by molar-refractivity contribution is 6.30. The van der Waals surface area contributed by atoms with E-state index in [1.807, 2.05) is 18.2 Å². The Morgan fingerprint density at radius 1 is 1.19 bits per heavy atom. The van der Waals surface area contributed by atoms with Crippen LogP contribution in [0.5, 0.6) is 11.5 Å². The van der Waals surface area contributed by atoms with Gasteiger partial charge in [0.15, 0.2) is 11.5 Å². The van der Waals surface area contributed by atoms with Crippen LogP contribution in [0.4, 0.5) is 4.79 Å². The van der Waals surface area contributed by atoms with Crippen LogP contribution < -0.4 is 20.1 Å². The van der Waals surface area contributed by atoms with Crippen LogP contribution in [0.2, 0.25) is 5.02 Å². The molecule has 2 aliphatic heterocycles. The highest BCUT2D eigenvalue weighted by Gasteiger charge is 2.44. The molecule has 1 unspecified atom stereocenters. The van der Waals surface area contributed by atoms with E-state index in [9.17, 15) is 14.4 Å². The maximum absolute atomic E-state index is 13.5. The van der Waals surface area contributed by atoms with Crippen molar-refractivity contribution < 1.29 is 23.9 Å². The summed E-state index contributed by atoms with van der Waals surface area (Å²) in [4.78, 5) is 42.0. The number of ether oxygens (including phenoxy) is 2. The lowest BCUT2D eigenvalue weighted by Gasteiger charge is -2.33. The molecule has 2 N–H and O–H groups in total. The second-order valence-electron chi connectivity index (χ2n) is 8.65. The van der Waals surface area contributed by atoms with Gasteiger partial charge in [-0.05, 0) is 41.8 Å². The minimum Gasteiger partial charge on any atom is -0.493 e. The lowest BCUT2D eigenvalue weighted by molar-refractivity contribution is -0.131. The van der Waals surface area contributed by atoms with Crippen molar-refractivity contribution in [2.24, 2.45) is 0 Å². The summed E-state index contributed by atoms with van der Waals surface area (Å²) in [5.74, 6) is 0.660. The van der Waals surface area contributed by atoms with E-state index in [4.69, 9.17) is 21.1 Å². The summed E-state index contributed by atoms with van der Waals surface area (Å²) in [6.45, 7) is 4.37. The van der Waals surface area contributed by atoms with Gasteiger partial charge in [0.25, 0.3) is 5.91 Å². The normalized spacial score (nSPS) is 16.9. The Labute approximate surface area is 220 Å². The van der Waals surface area contributed by atoms with Gasteiger partial charge in [-0.25, -0.2) is 4.79 Å². The van der Waals surface area contributed by atoms with E-state index in [0.717, 1.165) is 5.56 Å². The monoisotopic (exact) mass is 524 g/mol. The van der Waals surface area contributed by atoms with Gasteiger partial charge in [0, 0.05) is 18.1 Å². The van der Waals surface area contributed by atoms with Gasteiger partial charge in [0.1, 0.15) is 6.54 Å². The van der Waals surface area contributed by atoms with Crippen molar-refractivity contribution in [2.45, 2.75) is 12.5 Å². The van der Waals surface area contributed by atoms with Crippen LogP contribution >= 0.6 is 11.6 Å². The summed E-state index contributed by atoms with van der Waals surface area (Å²) in [7, 11) is 3.14. The second-order valence-corrected chi connectivity index (χ2v) is 9.08.